The summed E-state index contributed by atoms with van der Waals surface area (Å²) in [5, 5.41) is 0. The van der Waals surface area contributed by atoms with Crippen LogP contribution < -0.4 is 4.74 Å². The summed E-state index contributed by atoms with van der Waals surface area (Å²) in [6, 6.07) is 7.19. The monoisotopic (exact) mass is 321 g/mol. The highest BCUT2D eigenvalue weighted by molar-refractivity contribution is 5.92. The van der Waals surface area contributed by atoms with Gasteiger partial charge in [0.15, 0.2) is 0 Å². The summed E-state index contributed by atoms with van der Waals surface area (Å²) in [5.74, 6) is 0.227. The number of hydrogen-bond acceptors (Lipinski definition) is 5. The lowest BCUT2D eigenvalue weighted by Gasteiger charge is -2.35. The Balaban J connectivity index is 1.71. The van der Waals surface area contributed by atoms with Crippen molar-refractivity contribution < 1.29 is 19.0 Å². The molecule has 2 rings (SSSR count). The summed E-state index contributed by atoms with van der Waals surface area (Å²) in [6.45, 7) is 7.89. The average Bonchev–Trinajstić information content (AvgIpc) is 2.53. The first kappa shape index (κ1) is 17.8. The van der Waals surface area contributed by atoms with Gasteiger partial charge in [0, 0.05) is 13.1 Å². The minimum Gasteiger partial charge on any atom is -0.493 e. The molecule has 23 heavy (non-hydrogen) atoms. The van der Waals surface area contributed by atoms with E-state index in [9.17, 15) is 4.79 Å². The van der Waals surface area contributed by atoms with E-state index in [2.05, 4.69) is 18.7 Å². The van der Waals surface area contributed by atoms with Crippen LogP contribution in [0, 0.1) is 0 Å². The number of ether oxygens (including phenoxy) is 3. The van der Waals surface area contributed by atoms with Crippen molar-refractivity contribution in [2.45, 2.75) is 38.9 Å². The van der Waals surface area contributed by atoms with Gasteiger partial charge in [0.25, 0.3) is 0 Å². The molecule has 0 radical (unpaired) electrons. The highest BCUT2D eigenvalue weighted by Gasteiger charge is 2.21. The van der Waals surface area contributed by atoms with Crippen LogP contribution >= 0.6 is 0 Å². The number of morpholine rings is 1. The second-order valence-electron chi connectivity index (χ2n) is 6.06. The van der Waals surface area contributed by atoms with Crippen molar-refractivity contribution in [3.05, 3.63) is 29.8 Å². The van der Waals surface area contributed by atoms with Gasteiger partial charge in [-0.15, -0.1) is 0 Å². The molecule has 0 N–H and O–H groups in total. The number of carbonyl (C=O) groups excluding carboxylic acids is 1. The summed E-state index contributed by atoms with van der Waals surface area (Å²) < 4.78 is 16.3. The van der Waals surface area contributed by atoms with E-state index in [0.717, 1.165) is 32.5 Å². The van der Waals surface area contributed by atoms with Gasteiger partial charge in [-0.25, -0.2) is 4.79 Å². The van der Waals surface area contributed by atoms with E-state index < -0.39 is 0 Å². The molecule has 0 aromatic heterocycles. The number of rotatable bonds is 7. The number of para-hydroxylation sites is 1. The molecule has 0 saturated carbocycles. The maximum Gasteiger partial charge on any atom is 0.341 e. The third-order valence-electron chi connectivity index (χ3n) is 3.91. The van der Waals surface area contributed by atoms with Crippen LogP contribution in [0.3, 0.4) is 0 Å². The largest absolute Gasteiger partial charge is 0.493 e. The smallest absolute Gasteiger partial charge is 0.341 e. The van der Waals surface area contributed by atoms with Gasteiger partial charge in [-0.05, 0) is 45.4 Å². The second kappa shape index (κ2) is 8.89. The molecule has 0 unspecified atom stereocenters. The van der Waals surface area contributed by atoms with E-state index in [1.165, 1.54) is 7.11 Å². The molecular formula is C18H27NO4. The number of esters is 1. The van der Waals surface area contributed by atoms with E-state index in [1.54, 1.807) is 18.2 Å². The van der Waals surface area contributed by atoms with Crippen molar-refractivity contribution in [1.82, 2.24) is 4.90 Å². The molecule has 1 aliphatic heterocycles. The molecule has 1 aromatic carbocycles. The molecule has 0 bridgehead atoms. The zero-order chi connectivity index (χ0) is 16.7. The van der Waals surface area contributed by atoms with Crippen LogP contribution in [0.5, 0.6) is 5.75 Å². The quantitative estimate of drug-likeness (QED) is 0.571. The van der Waals surface area contributed by atoms with Gasteiger partial charge in [0.1, 0.15) is 11.3 Å². The van der Waals surface area contributed by atoms with Crippen molar-refractivity contribution in [3.8, 4) is 5.75 Å². The topological polar surface area (TPSA) is 48.0 Å². The number of benzene rings is 1. The number of methoxy groups -OCH3 is 1. The Labute approximate surface area is 138 Å². The van der Waals surface area contributed by atoms with Gasteiger partial charge in [-0.3, -0.25) is 4.90 Å². The summed E-state index contributed by atoms with van der Waals surface area (Å²) in [5.41, 5.74) is 0.478. The van der Waals surface area contributed by atoms with Crippen molar-refractivity contribution >= 4 is 5.97 Å². The van der Waals surface area contributed by atoms with E-state index in [1.807, 2.05) is 6.07 Å². The fourth-order valence-electron chi connectivity index (χ4n) is 2.96. The summed E-state index contributed by atoms with van der Waals surface area (Å²) in [7, 11) is 1.38. The molecule has 1 saturated heterocycles. The molecule has 0 spiro atoms. The molecule has 1 aliphatic rings. The number of carbonyl (C=O) groups is 1. The molecule has 1 heterocycles. The van der Waals surface area contributed by atoms with E-state index in [4.69, 9.17) is 14.2 Å². The van der Waals surface area contributed by atoms with Gasteiger partial charge in [0.05, 0.1) is 25.9 Å². The van der Waals surface area contributed by atoms with Crippen LogP contribution in [0.15, 0.2) is 24.3 Å². The molecule has 0 amide bonds. The molecule has 128 valence electrons. The minimum absolute atomic E-state index is 0.307. The molecular weight excluding hydrogens is 294 g/mol. The first-order chi connectivity index (χ1) is 11.1. The van der Waals surface area contributed by atoms with Crippen LogP contribution in [-0.4, -0.2) is 56.4 Å². The van der Waals surface area contributed by atoms with Crippen LogP contribution in [0.1, 0.15) is 37.0 Å². The van der Waals surface area contributed by atoms with Crippen molar-refractivity contribution in [3.63, 3.8) is 0 Å². The lowest BCUT2D eigenvalue weighted by molar-refractivity contribution is -0.0682. The zero-order valence-electron chi connectivity index (χ0n) is 14.3. The Morgan fingerprint density at radius 3 is 2.61 bits per heavy atom. The third-order valence-corrected chi connectivity index (χ3v) is 3.91. The summed E-state index contributed by atoms with van der Waals surface area (Å²) >= 11 is 0. The standard InChI is InChI=1S/C18H27NO4/c1-14-12-19(13-15(2)23-14)10-6-7-11-22-17-9-5-4-8-16(17)18(20)21-3/h4-5,8-9,14-15H,6-7,10-13H2,1-3H3/t14-,15-/m0/s1. The fraction of sp³-hybridized carbons (Fsp3) is 0.611. The Hall–Kier alpha value is -1.59. The van der Waals surface area contributed by atoms with E-state index in [-0.39, 0.29) is 5.97 Å². The Kier molecular flexibility index (Phi) is 6.86. The number of hydrogen-bond donors (Lipinski definition) is 0. The maximum absolute atomic E-state index is 11.7. The normalized spacial score (nSPS) is 21.9. The Bertz CT molecular complexity index is 496. The molecule has 2 atom stereocenters. The minimum atomic E-state index is -0.364. The molecule has 1 aromatic rings. The van der Waals surface area contributed by atoms with Gasteiger partial charge >= 0.3 is 5.97 Å². The first-order valence-electron chi connectivity index (χ1n) is 8.28. The highest BCUT2D eigenvalue weighted by Crippen LogP contribution is 2.19. The molecule has 1 fully saturated rings. The summed E-state index contributed by atoms with van der Waals surface area (Å²) in [6.07, 6.45) is 2.64. The fourth-order valence-corrected chi connectivity index (χ4v) is 2.96. The second-order valence-corrected chi connectivity index (χ2v) is 6.06. The van der Waals surface area contributed by atoms with E-state index in [0.29, 0.717) is 30.1 Å². The van der Waals surface area contributed by atoms with Gasteiger partial charge < -0.3 is 14.2 Å². The highest BCUT2D eigenvalue weighted by atomic mass is 16.5. The lowest BCUT2D eigenvalue weighted by atomic mass is 10.2. The van der Waals surface area contributed by atoms with Gasteiger partial charge in [-0.2, -0.15) is 0 Å². The predicted octanol–water partition coefficient (Wildman–Crippen LogP) is 2.74. The first-order valence-corrected chi connectivity index (χ1v) is 8.28. The van der Waals surface area contributed by atoms with Crippen molar-refractivity contribution in [2.24, 2.45) is 0 Å². The van der Waals surface area contributed by atoms with Crippen molar-refractivity contribution in [1.29, 1.82) is 0 Å². The number of unbranched alkanes of at least 4 members (excludes halogenated alkanes) is 1. The molecule has 0 aliphatic carbocycles. The van der Waals surface area contributed by atoms with Gasteiger partial charge in [0.2, 0.25) is 0 Å². The van der Waals surface area contributed by atoms with E-state index >= 15 is 0 Å². The average molecular weight is 321 g/mol. The molecule has 5 heteroatoms. The third kappa shape index (κ3) is 5.52. The number of nitrogens with zero attached hydrogens (tertiary/aromatic N) is 1. The van der Waals surface area contributed by atoms with Crippen LogP contribution in [-0.2, 0) is 9.47 Å². The zero-order valence-corrected chi connectivity index (χ0v) is 14.3. The lowest BCUT2D eigenvalue weighted by Crippen LogP contribution is -2.45. The molecule has 5 nitrogen and oxygen atoms in total. The SMILES string of the molecule is COC(=O)c1ccccc1OCCCCN1C[C@H](C)O[C@@H](C)C1. The van der Waals surface area contributed by atoms with Crippen LogP contribution in [0.2, 0.25) is 0 Å². The maximum atomic E-state index is 11.7. The predicted molar refractivity (Wildman–Crippen MR) is 89.0 cm³/mol. The summed E-state index contributed by atoms with van der Waals surface area (Å²) in [4.78, 5) is 14.1. The van der Waals surface area contributed by atoms with Gasteiger partial charge in [-0.1, -0.05) is 12.1 Å². The Morgan fingerprint density at radius 1 is 1.22 bits per heavy atom. The van der Waals surface area contributed by atoms with Crippen LogP contribution in [0.4, 0.5) is 0 Å². The van der Waals surface area contributed by atoms with Crippen LogP contribution in [0.25, 0.3) is 0 Å². The Morgan fingerprint density at radius 2 is 1.91 bits per heavy atom. The van der Waals surface area contributed by atoms with Crippen molar-refractivity contribution in [2.75, 3.05) is 33.4 Å².